The number of hydrogen-bond donors (Lipinski definition) is 0. The Hall–Kier alpha value is -0.830. The van der Waals surface area contributed by atoms with E-state index in [0.717, 1.165) is 19.4 Å². The SMILES string of the molecule is COCCCC(C)n1cc(C)cn1. The van der Waals surface area contributed by atoms with E-state index in [0.29, 0.717) is 6.04 Å². The minimum absolute atomic E-state index is 0.476. The molecule has 1 heterocycles. The van der Waals surface area contributed by atoms with E-state index in [2.05, 4.69) is 25.1 Å². The number of aryl methyl sites for hydroxylation is 1. The molecule has 13 heavy (non-hydrogen) atoms. The van der Waals surface area contributed by atoms with E-state index < -0.39 is 0 Å². The maximum absolute atomic E-state index is 5.00. The number of rotatable bonds is 5. The van der Waals surface area contributed by atoms with Gasteiger partial charge in [-0.2, -0.15) is 5.10 Å². The van der Waals surface area contributed by atoms with Crippen LogP contribution in [0.25, 0.3) is 0 Å². The normalized spacial score (nSPS) is 13.2. The van der Waals surface area contributed by atoms with Crippen molar-refractivity contribution >= 4 is 0 Å². The summed E-state index contributed by atoms with van der Waals surface area (Å²) in [5, 5.41) is 4.27. The van der Waals surface area contributed by atoms with Crippen molar-refractivity contribution in [3.8, 4) is 0 Å². The van der Waals surface area contributed by atoms with Crippen LogP contribution in [0.3, 0.4) is 0 Å². The molecule has 0 spiro atoms. The second kappa shape index (κ2) is 5.02. The first-order valence-electron chi connectivity index (χ1n) is 4.73. The van der Waals surface area contributed by atoms with Gasteiger partial charge >= 0.3 is 0 Å². The molecule has 1 rings (SSSR count). The first kappa shape index (κ1) is 10.3. The van der Waals surface area contributed by atoms with Crippen molar-refractivity contribution in [1.29, 1.82) is 0 Å². The van der Waals surface area contributed by atoms with Crippen molar-refractivity contribution in [2.24, 2.45) is 0 Å². The molecule has 0 amide bonds. The predicted molar refractivity (Wildman–Crippen MR) is 52.8 cm³/mol. The lowest BCUT2D eigenvalue weighted by atomic mass is 10.2. The second-order valence-corrected chi connectivity index (χ2v) is 3.48. The summed E-state index contributed by atoms with van der Waals surface area (Å²) in [6, 6.07) is 0.476. The third kappa shape index (κ3) is 3.19. The summed E-state index contributed by atoms with van der Waals surface area (Å²) < 4.78 is 7.02. The van der Waals surface area contributed by atoms with Crippen LogP contribution in [0.2, 0.25) is 0 Å². The lowest BCUT2D eigenvalue weighted by Gasteiger charge is -2.11. The van der Waals surface area contributed by atoms with Crippen LogP contribution in [0.1, 0.15) is 31.4 Å². The van der Waals surface area contributed by atoms with Gasteiger partial charge in [-0.05, 0) is 32.3 Å². The Balaban J connectivity index is 2.35. The molecule has 1 unspecified atom stereocenters. The van der Waals surface area contributed by atoms with E-state index >= 15 is 0 Å². The molecule has 0 N–H and O–H groups in total. The van der Waals surface area contributed by atoms with Crippen LogP contribution in [0.4, 0.5) is 0 Å². The maximum Gasteiger partial charge on any atom is 0.0519 e. The smallest absolute Gasteiger partial charge is 0.0519 e. The fourth-order valence-electron chi connectivity index (χ4n) is 1.33. The van der Waals surface area contributed by atoms with Gasteiger partial charge < -0.3 is 4.74 Å². The van der Waals surface area contributed by atoms with Crippen LogP contribution in [-0.4, -0.2) is 23.5 Å². The molecule has 3 heteroatoms. The Kier molecular flexibility index (Phi) is 3.96. The minimum atomic E-state index is 0.476. The summed E-state index contributed by atoms with van der Waals surface area (Å²) >= 11 is 0. The minimum Gasteiger partial charge on any atom is -0.385 e. The Labute approximate surface area is 79.7 Å². The monoisotopic (exact) mass is 182 g/mol. The van der Waals surface area contributed by atoms with Gasteiger partial charge in [-0.15, -0.1) is 0 Å². The Morgan fingerprint density at radius 3 is 2.92 bits per heavy atom. The second-order valence-electron chi connectivity index (χ2n) is 3.48. The number of hydrogen-bond acceptors (Lipinski definition) is 2. The van der Waals surface area contributed by atoms with E-state index in [4.69, 9.17) is 4.74 Å². The van der Waals surface area contributed by atoms with Crippen LogP contribution in [-0.2, 0) is 4.74 Å². The molecule has 1 atom stereocenters. The molecule has 1 aromatic heterocycles. The lowest BCUT2D eigenvalue weighted by Crippen LogP contribution is -2.06. The van der Waals surface area contributed by atoms with Gasteiger partial charge in [0.05, 0.1) is 6.20 Å². The molecule has 0 radical (unpaired) electrons. The van der Waals surface area contributed by atoms with Crippen molar-refractivity contribution in [3.63, 3.8) is 0 Å². The number of methoxy groups -OCH3 is 1. The summed E-state index contributed by atoms with van der Waals surface area (Å²) in [4.78, 5) is 0. The third-order valence-corrected chi connectivity index (χ3v) is 2.15. The highest BCUT2D eigenvalue weighted by Gasteiger charge is 2.04. The molecule has 0 saturated heterocycles. The zero-order valence-corrected chi connectivity index (χ0v) is 8.66. The first-order valence-corrected chi connectivity index (χ1v) is 4.73. The average molecular weight is 182 g/mol. The summed E-state index contributed by atoms with van der Waals surface area (Å²) in [5.74, 6) is 0. The fourth-order valence-corrected chi connectivity index (χ4v) is 1.33. The van der Waals surface area contributed by atoms with Crippen molar-refractivity contribution in [3.05, 3.63) is 18.0 Å². The van der Waals surface area contributed by atoms with E-state index in [1.807, 2.05) is 10.9 Å². The molecule has 0 bridgehead atoms. The van der Waals surface area contributed by atoms with Gasteiger partial charge in [-0.3, -0.25) is 4.68 Å². The van der Waals surface area contributed by atoms with Gasteiger partial charge in [0.2, 0.25) is 0 Å². The van der Waals surface area contributed by atoms with Gasteiger partial charge in [0, 0.05) is 26.0 Å². The molecule has 0 aromatic carbocycles. The molecule has 0 saturated carbocycles. The maximum atomic E-state index is 5.00. The van der Waals surface area contributed by atoms with Crippen molar-refractivity contribution in [1.82, 2.24) is 9.78 Å². The highest BCUT2D eigenvalue weighted by molar-refractivity contribution is 5.00. The molecular formula is C10H18N2O. The van der Waals surface area contributed by atoms with Gasteiger partial charge in [-0.25, -0.2) is 0 Å². The number of nitrogens with zero attached hydrogens (tertiary/aromatic N) is 2. The van der Waals surface area contributed by atoms with Crippen molar-refractivity contribution in [2.75, 3.05) is 13.7 Å². The predicted octanol–water partition coefficient (Wildman–Crippen LogP) is 2.18. The van der Waals surface area contributed by atoms with E-state index in [9.17, 15) is 0 Å². The largest absolute Gasteiger partial charge is 0.385 e. The lowest BCUT2D eigenvalue weighted by molar-refractivity contribution is 0.187. The van der Waals surface area contributed by atoms with Crippen LogP contribution in [0.15, 0.2) is 12.4 Å². The van der Waals surface area contributed by atoms with E-state index in [1.165, 1.54) is 5.56 Å². The fraction of sp³-hybridized carbons (Fsp3) is 0.700. The Morgan fingerprint density at radius 2 is 2.38 bits per heavy atom. The van der Waals surface area contributed by atoms with Gasteiger partial charge in [0.25, 0.3) is 0 Å². The molecular weight excluding hydrogens is 164 g/mol. The quantitative estimate of drug-likeness (QED) is 0.653. The number of aromatic nitrogens is 2. The van der Waals surface area contributed by atoms with Crippen LogP contribution >= 0.6 is 0 Å². The van der Waals surface area contributed by atoms with Crippen LogP contribution < -0.4 is 0 Å². The summed E-state index contributed by atoms with van der Waals surface area (Å²) in [7, 11) is 1.74. The van der Waals surface area contributed by atoms with E-state index in [1.54, 1.807) is 7.11 Å². The molecule has 0 fully saturated rings. The van der Waals surface area contributed by atoms with Crippen LogP contribution in [0.5, 0.6) is 0 Å². The molecule has 3 nitrogen and oxygen atoms in total. The van der Waals surface area contributed by atoms with Gasteiger partial charge in [0.1, 0.15) is 0 Å². The molecule has 0 aliphatic carbocycles. The topological polar surface area (TPSA) is 27.1 Å². The van der Waals surface area contributed by atoms with Gasteiger partial charge in [0.15, 0.2) is 0 Å². The summed E-state index contributed by atoms with van der Waals surface area (Å²) in [6.45, 7) is 5.08. The molecule has 74 valence electrons. The summed E-state index contributed by atoms with van der Waals surface area (Å²) in [6.07, 6.45) is 6.19. The molecule has 0 aliphatic rings. The van der Waals surface area contributed by atoms with E-state index in [-0.39, 0.29) is 0 Å². The van der Waals surface area contributed by atoms with Crippen molar-refractivity contribution < 1.29 is 4.74 Å². The third-order valence-electron chi connectivity index (χ3n) is 2.15. The standard InChI is InChI=1S/C10H18N2O/c1-9-7-11-12(8-9)10(2)5-4-6-13-3/h7-8,10H,4-6H2,1-3H3. The zero-order valence-electron chi connectivity index (χ0n) is 8.66. The van der Waals surface area contributed by atoms with Gasteiger partial charge in [-0.1, -0.05) is 0 Å². The average Bonchev–Trinajstić information content (AvgIpc) is 2.52. The Morgan fingerprint density at radius 1 is 1.62 bits per heavy atom. The van der Waals surface area contributed by atoms with Crippen molar-refractivity contribution in [2.45, 2.75) is 32.7 Å². The molecule has 1 aromatic rings. The first-order chi connectivity index (χ1) is 6.24. The Bertz CT molecular complexity index is 245. The molecule has 0 aliphatic heterocycles. The number of ether oxygens (including phenoxy) is 1. The highest BCUT2D eigenvalue weighted by atomic mass is 16.5. The summed E-state index contributed by atoms with van der Waals surface area (Å²) in [5.41, 5.74) is 1.22. The zero-order chi connectivity index (χ0) is 9.68. The highest BCUT2D eigenvalue weighted by Crippen LogP contribution is 2.12. The van der Waals surface area contributed by atoms with Crippen LogP contribution in [0, 0.1) is 6.92 Å².